The number of carboxylic acids is 1. The highest BCUT2D eigenvalue weighted by molar-refractivity contribution is 5.77. The molecule has 1 atom stereocenters. The summed E-state index contributed by atoms with van der Waals surface area (Å²) in [5.74, 6) is 0.00105. The smallest absolute Gasteiger partial charge is 0.326 e. The summed E-state index contributed by atoms with van der Waals surface area (Å²) in [4.78, 5) is 19.5. The molecule has 17 heavy (non-hydrogen) atoms. The van der Waals surface area contributed by atoms with Gasteiger partial charge in [0.15, 0.2) is 0 Å². The molecule has 0 bridgehead atoms. The van der Waals surface area contributed by atoms with Crippen LogP contribution in [0.3, 0.4) is 0 Å². The molecule has 1 aromatic rings. The van der Waals surface area contributed by atoms with E-state index in [0.717, 1.165) is 5.69 Å². The quantitative estimate of drug-likeness (QED) is 0.819. The molecule has 0 amide bonds. The van der Waals surface area contributed by atoms with Crippen LogP contribution in [0.5, 0.6) is 0 Å². The van der Waals surface area contributed by atoms with Crippen LogP contribution in [0.1, 0.15) is 31.7 Å². The van der Waals surface area contributed by atoms with Gasteiger partial charge in [-0.3, -0.25) is 4.98 Å². The fourth-order valence-electron chi connectivity index (χ4n) is 1.53. The Morgan fingerprint density at radius 1 is 1.47 bits per heavy atom. The van der Waals surface area contributed by atoms with Crippen LogP contribution in [0.4, 0.5) is 5.82 Å². The van der Waals surface area contributed by atoms with E-state index in [-0.39, 0.29) is 0 Å². The zero-order valence-electron chi connectivity index (χ0n) is 10.7. The minimum absolute atomic E-state index is 0.307. The van der Waals surface area contributed by atoms with Crippen LogP contribution < -0.4 is 5.32 Å². The largest absolute Gasteiger partial charge is 0.480 e. The summed E-state index contributed by atoms with van der Waals surface area (Å²) in [5.41, 5.74) is 1.48. The van der Waals surface area contributed by atoms with Crippen LogP contribution in [-0.4, -0.2) is 27.1 Å². The number of carbonyl (C=O) groups is 1. The van der Waals surface area contributed by atoms with Gasteiger partial charge in [-0.05, 0) is 26.2 Å². The molecule has 1 heterocycles. The Morgan fingerprint density at radius 3 is 2.65 bits per heavy atom. The van der Waals surface area contributed by atoms with E-state index in [2.05, 4.69) is 15.3 Å². The van der Waals surface area contributed by atoms with Crippen molar-refractivity contribution >= 4 is 11.8 Å². The second-order valence-electron chi connectivity index (χ2n) is 4.61. The Bertz CT molecular complexity index is 405. The SMILES string of the molecule is Cc1cnc(C)c(NC(CC(C)C)C(=O)O)n1. The molecular formula is C12H19N3O2. The zero-order chi connectivity index (χ0) is 13.0. The molecule has 0 saturated carbocycles. The Morgan fingerprint density at radius 2 is 2.12 bits per heavy atom. The van der Waals surface area contributed by atoms with E-state index < -0.39 is 12.0 Å². The lowest BCUT2D eigenvalue weighted by Crippen LogP contribution is -2.31. The first-order chi connectivity index (χ1) is 7.90. The number of aryl methyl sites for hydroxylation is 2. The predicted molar refractivity (Wildman–Crippen MR) is 66.0 cm³/mol. The van der Waals surface area contributed by atoms with Gasteiger partial charge in [0.2, 0.25) is 0 Å². The third-order valence-corrected chi connectivity index (χ3v) is 2.39. The Hall–Kier alpha value is -1.65. The Kier molecular flexibility index (Phi) is 4.43. The van der Waals surface area contributed by atoms with Crippen LogP contribution >= 0.6 is 0 Å². The maximum Gasteiger partial charge on any atom is 0.326 e. The minimum atomic E-state index is -0.860. The van der Waals surface area contributed by atoms with Gasteiger partial charge in [-0.2, -0.15) is 0 Å². The van der Waals surface area contributed by atoms with Crippen molar-refractivity contribution in [3.05, 3.63) is 17.6 Å². The highest BCUT2D eigenvalue weighted by Crippen LogP contribution is 2.14. The molecule has 0 fully saturated rings. The maximum absolute atomic E-state index is 11.1. The van der Waals surface area contributed by atoms with E-state index >= 15 is 0 Å². The van der Waals surface area contributed by atoms with E-state index in [1.165, 1.54) is 0 Å². The number of carboxylic acid groups (broad SMARTS) is 1. The summed E-state index contributed by atoms with van der Waals surface area (Å²) in [5, 5.41) is 12.1. The summed E-state index contributed by atoms with van der Waals surface area (Å²) in [6.07, 6.45) is 2.23. The minimum Gasteiger partial charge on any atom is -0.480 e. The Balaban J connectivity index is 2.85. The van der Waals surface area contributed by atoms with Gasteiger partial charge in [0.1, 0.15) is 11.9 Å². The lowest BCUT2D eigenvalue weighted by molar-refractivity contribution is -0.138. The monoisotopic (exact) mass is 237 g/mol. The second kappa shape index (κ2) is 5.61. The molecule has 0 saturated heterocycles. The van der Waals surface area contributed by atoms with Crippen LogP contribution in [0.2, 0.25) is 0 Å². The molecule has 0 radical (unpaired) electrons. The number of rotatable bonds is 5. The van der Waals surface area contributed by atoms with Crippen LogP contribution in [-0.2, 0) is 4.79 Å². The molecule has 0 aromatic carbocycles. The average molecular weight is 237 g/mol. The van der Waals surface area contributed by atoms with Crippen molar-refractivity contribution in [1.29, 1.82) is 0 Å². The van der Waals surface area contributed by atoms with Gasteiger partial charge in [-0.1, -0.05) is 13.8 Å². The van der Waals surface area contributed by atoms with Crippen molar-refractivity contribution in [2.45, 2.75) is 40.2 Å². The summed E-state index contributed by atoms with van der Waals surface area (Å²) in [6.45, 7) is 7.62. The van der Waals surface area contributed by atoms with Gasteiger partial charge in [0, 0.05) is 6.20 Å². The van der Waals surface area contributed by atoms with Crippen molar-refractivity contribution < 1.29 is 9.90 Å². The third-order valence-electron chi connectivity index (χ3n) is 2.39. The molecule has 5 nitrogen and oxygen atoms in total. The van der Waals surface area contributed by atoms with Gasteiger partial charge in [-0.15, -0.1) is 0 Å². The zero-order valence-corrected chi connectivity index (χ0v) is 10.7. The Labute approximate surface area is 101 Å². The number of hydrogen-bond acceptors (Lipinski definition) is 4. The summed E-state index contributed by atoms with van der Waals surface area (Å²) in [6, 6.07) is -0.621. The standard InChI is InChI=1S/C12H19N3O2/c1-7(2)5-10(12(16)17)15-11-9(4)13-6-8(3)14-11/h6-7,10H,5H2,1-4H3,(H,14,15)(H,16,17). The lowest BCUT2D eigenvalue weighted by Gasteiger charge is -2.18. The average Bonchev–Trinajstić information content (AvgIpc) is 2.21. The molecule has 0 aliphatic carbocycles. The van der Waals surface area contributed by atoms with Gasteiger partial charge >= 0.3 is 5.97 Å². The molecule has 0 aliphatic rings. The predicted octanol–water partition coefficient (Wildman–Crippen LogP) is 2.00. The molecule has 1 unspecified atom stereocenters. The van der Waals surface area contributed by atoms with Crippen molar-refractivity contribution in [3.63, 3.8) is 0 Å². The fraction of sp³-hybridized carbons (Fsp3) is 0.583. The van der Waals surface area contributed by atoms with Gasteiger partial charge < -0.3 is 10.4 Å². The van der Waals surface area contributed by atoms with E-state index in [9.17, 15) is 4.79 Å². The van der Waals surface area contributed by atoms with E-state index in [1.54, 1.807) is 6.20 Å². The molecule has 5 heteroatoms. The molecule has 1 aromatic heterocycles. The topological polar surface area (TPSA) is 75.1 Å². The maximum atomic E-state index is 11.1. The van der Waals surface area contributed by atoms with E-state index in [1.807, 2.05) is 27.7 Å². The first kappa shape index (κ1) is 13.4. The van der Waals surface area contributed by atoms with Crippen LogP contribution in [0.25, 0.3) is 0 Å². The highest BCUT2D eigenvalue weighted by atomic mass is 16.4. The van der Waals surface area contributed by atoms with E-state index in [0.29, 0.717) is 23.9 Å². The van der Waals surface area contributed by atoms with Crippen molar-refractivity contribution in [3.8, 4) is 0 Å². The number of hydrogen-bond donors (Lipinski definition) is 2. The van der Waals surface area contributed by atoms with E-state index in [4.69, 9.17) is 5.11 Å². The summed E-state index contributed by atoms with van der Waals surface area (Å²) >= 11 is 0. The first-order valence-electron chi connectivity index (χ1n) is 5.69. The normalized spacial score (nSPS) is 12.5. The molecular weight excluding hydrogens is 218 g/mol. The van der Waals surface area contributed by atoms with Crippen LogP contribution in [0, 0.1) is 19.8 Å². The summed E-state index contributed by atoms with van der Waals surface area (Å²) in [7, 11) is 0. The molecule has 2 N–H and O–H groups in total. The van der Waals surface area contributed by atoms with Gasteiger partial charge in [0.25, 0.3) is 0 Å². The molecule has 0 aliphatic heterocycles. The summed E-state index contributed by atoms with van der Waals surface area (Å²) < 4.78 is 0. The molecule has 0 spiro atoms. The van der Waals surface area contributed by atoms with Gasteiger partial charge in [-0.25, -0.2) is 9.78 Å². The number of aliphatic carboxylic acids is 1. The van der Waals surface area contributed by atoms with Crippen molar-refractivity contribution in [2.24, 2.45) is 5.92 Å². The number of nitrogens with one attached hydrogen (secondary N) is 1. The van der Waals surface area contributed by atoms with Crippen LogP contribution in [0.15, 0.2) is 6.20 Å². The molecule has 94 valence electrons. The van der Waals surface area contributed by atoms with Crippen molar-refractivity contribution in [2.75, 3.05) is 5.32 Å². The third kappa shape index (κ3) is 4.01. The number of nitrogens with zero attached hydrogens (tertiary/aromatic N) is 2. The van der Waals surface area contributed by atoms with Gasteiger partial charge in [0.05, 0.1) is 11.4 Å². The van der Waals surface area contributed by atoms with Crippen molar-refractivity contribution in [1.82, 2.24) is 9.97 Å². The fourth-order valence-corrected chi connectivity index (χ4v) is 1.53. The molecule has 1 rings (SSSR count). The highest BCUT2D eigenvalue weighted by Gasteiger charge is 2.20. The second-order valence-corrected chi connectivity index (χ2v) is 4.61. The number of anilines is 1. The number of aromatic nitrogens is 2. The lowest BCUT2D eigenvalue weighted by atomic mass is 10.0. The first-order valence-corrected chi connectivity index (χ1v) is 5.69.